The zero-order chi connectivity index (χ0) is 16.5. The van der Waals surface area contributed by atoms with Crippen LogP contribution in [0.2, 0.25) is 0 Å². The molecule has 120 valence electrons. The van der Waals surface area contributed by atoms with Crippen molar-refractivity contribution in [3.05, 3.63) is 78.5 Å². The number of hydrogen-bond donors (Lipinski definition) is 1. The molecule has 3 nitrogen and oxygen atoms in total. The monoisotopic (exact) mass is 316 g/mol. The molecule has 1 amide bonds. The first kappa shape index (κ1) is 14.8. The molecule has 1 fully saturated rings. The minimum Gasteiger partial charge on any atom is -0.343 e. The van der Waals surface area contributed by atoms with Gasteiger partial charge in [0.25, 0.3) is 0 Å². The number of nitrogens with one attached hydrogen (secondary N) is 1. The van der Waals surface area contributed by atoms with Gasteiger partial charge >= 0.3 is 0 Å². The number of hydrogen-bond acceptors (Lipinski definition) is 1. The van der Waals surface area contributed by atoms with Crippen LogP contribution in [0.3, 0.4) is 0 Å². The maximum absolute atomic E-state index is 11.4. The molecular weight excluding hydrogens is 296 g/mol. The summed E-state index contributed by atoms with van der Waals surface area (Å²) in [7, 11) is 0. The number of benzene rings is 2. The van der Waals surface area contributed by atoms with Crippen LogP contribution in [0.5, 0.6) is 0 Å². The van der Waals surface area contributed by atoms with Crippen molar-refractivity contribution in [1.29, 1.82) is 0 Å². The van der Waals surface area contributed by atoms with Crippen molar-refractivity contribution < 1.29 is 4.79 Å². The lowest BCUT2D eigenvalue weighted by Crippen LogP contribution is -2.07. The normalized spacial score (nSPS) is 13.8. The predicted molar refractivity (Wildman–Crippen MR) is 98.3 cm³/mol. The molecule has 0 radical (unpaired) electrons. The lowest BCUT2D eigenvalue weighted by atomic mass is 10.1. The van der Waals surface area contributed by atoms with Gasteiger partial charge in [-0.05, 0) is 60.2 Å². The number of aromatic nitrogens is 1. The summed E-state index contributed by atoms with van der Waals surface area (Å²) in [5.41, 5.74) is 4.77. The highest BCUT2D eigenvalue weighted by atomic mass is 16.1. The predicted octanol–water partition coefficient (Wildman–Crippen LogP) is 4.69. The van der Waals surface area contributed by atoms with Gasteiger partial charge in [0.15, 0.2) is 0 Å². The summed E-state index contributed by atoms with van der Waals surface area (Å²) in [4.78, 5) is 11.4. The maximum Gasteiger partial charge on any atom is 0.247 e. The fourth-order valence-corrected chi connectivity index (χ4v) is 3.17. The second-order valence-corrected chi connectivity index (χ2v) is 6.43. The van der Waals surface area contributed by atoms with Crippen molar-refractivity contribution in [3.8, 4) is 0 Å². The summed E-state index contributed by atoms with van der Waals surface area (Å²) in [6, 6.07) is 17.0. The first-order valence-electron chi connectivity index (χ1n) is 8.34. The van der Waals surface area contributed by atoms with Crippen LogP contribution in [0.25, 0.3) is 10.9 Å². The Kier molecular flexibility index (Phi) is 3.69. The van der Waals surface area contributed by atoms with Crippen molar-refractivity contribution in [1.82, 2.24) is 4.57 Å². The molecule has 4 rings (SSSR count). The average molecular weight is 316 g/mol. The van der Waals surface area contributed by atoms with Crippen LogP contribution in [0.1, 0.15) is 29.9 Å². The summed E-state index contributed by atoms with van der Waals surface area (Å²) >= 11 is 0. The molecule has 1 aliphatic rings. The highest BCUT2D eigenvalue weighted by Gasteiger charge is 2.23. The van der Waals surface area contributed by atoms with Gasteiger partial charge in [0.2, 0.25) is 5.91 Å². The molecule has 2 aromatic carbocycles. The lowest BCUT2D eigenvalue weighted by molar-refractivity contribution is -0.111. The van der Waals surface area contributed by atoms with Gasteiger partial charge in [-0.15, -0.1) is 0 Å². The topological polar surface area (TPSA) is 34.0 Å². The molecule has 0 spiro atoms. The average Bonchev–Trinajstić information content (AvgIpc) is 3.38. The SMILES string of the molecule is C=CC(=O)Nc1ccc2c(ccn2Cc2cccc(C3CC3)c2)c1. The van der Waals surface area contributed by atoms with Crippen molar-refractivity contribution in [2.24, 2.45) is 0 Å². The van der Waals surface area contributed by atoms with Crippen LogP contribution < -0.4 is 5.32 Å². The minimum atomic E-state index is -0.189. The highest BCUT2D eigenvalue weighted by molar-refractivity contribution is 6.00. The van der Waals surface area contributed by atoms with Crippen LogP contribution in [-0.4, -0.2) is 10.5 Å². The quantitative estimate of drug-likeness (QED) is 0.681. The van der Waals surface area contributed by atoms with Gasteiger partial charge in [-0.2, -0.15) is 0 Å². The van der Waals surface area contributed by atoms with E-state index in [0.29, 0.717) is 0 Å². The Labute approximate surface area is 141 Å². The Morgan fingerprint density at radius 1 is 1.21 bits per heavy atom. The Bertz CT molecular complexity index is 918. The fraction of sp³-hybridized carbons (Fsp3) is 0.190. The fourth-order valence-electron chi connectivity index (χ4n) is 3.17. The Hall–Kier alpha value is -2.81. The van der Waals surface area contributed by atoms with E-state index in [0.717, 1.165) is 23.5 Å². The third-order valence-electron chi connectivity index (χ3n) is 4.58. The van der Waals surface area contributed by atoms with Crippen LogP contribution in [0.4, 0.5) is 5.69 Å². The highest BCUT2D eigenvalue weighted by Crippen LogP contribution is 2.40. The van der Waals surface area contributed by atoms with Crippen molar-refractivity contribution in [2.75, 3.05) is 5.32 Å². The number of fused-ring (bicyclic) bond motifs is 1. The van der Waals surface area contributed by atoms with Crippen molar-refractivity contribution in [2.45, 2.75) is 25.3 Å². The molecule has 1 saturated carbocycles. The summed E-state index contributed by atoms with van der Waals surface area (Å²) in [5.74, 6) is 0.591. The van der Waals surface area contributed by atoms with E-state index in [2.05, 4.69) is 59.1 Å². The Balaban J connectivity index is 1.59. The van der Waals surface area contributed by atoms with Gasteiger partial charge in [0.1, 0.15) is 0 Å². The van der Waals surface area contributed by atoms with E-state index in [1.54, 1.807) is 0 Å². The molecule has 3 aromatic rings. The van der Waals surface area contributed by atoms with Gasteiger partial charge in [-0.1, -0.05) is 30.8 Å². The molecule has 1 aromatic heterocycles. The second-order valence-electron chi connectivity index (χ2n) is 6.43. The third-order valence-corrected chi connectivity index (χ3v) is 4.58. The van der Waals surface area contributed by atoms with E-state index in [1.165, 1.54) is 35.6 Å². The zero-order valence-corrected chi connectivity index (χ0v) is 13.5. The molecule has 0 aliphatic heterocycles. The first-order valence-corrected chi connectivity index (χ1v) is 8.34. The minimum absolute atomic E-state index is 0.189. The number of amides is 1. The Morgan fingerprint density at radius 3 is 2.88 bits per heavy atom. The summed E-state index contributed by atoms with van der Waals surface area (Å²) in [5, 5.41) is 3.92. The number of anilines is 1. The number of nitrogens with zero attached hydrogens (tertiary/aromatic N) is 1. The maximum atomic E-state index is 11.4. The molecule has 0 saturated heterocycles. The molecule has 0 atom stereocenters. The van der Waals surface area contributed by atoms with E-state index in [9.17, 15) is 4.79 Å². The van der Waals surface area contributed by atoms with Crippen LogP contribution in [0, 0.1) is 0 Å². The van der Waals surface area contributed by atoms with Gasteiger partial charge in [0, 0.05) is 29.3 Å². The van der Waals surface area contributed by atoms with Gasteiger partial charge < -0.3 is 9.88 Å². The standard InChI is InChI=1S/C21H20N2O/c1-2-21(24)22-19-8-9-20-18(13-19)10-11-23(20)14-15-4-3-5-17(12-15)16-6-7-16/h2-5,8-13,16H,1,6-7,14H2,(H,22,24). The zero-order valence-electron chi connectivity index (χ0n) is 13.5. The van der Waals surface area contributed by atoms with Crippen LogP contribution in [0.15, 0.2) is 67.4 Å². The number of carbonyl (C=O) groups excluding carboxylic acids is 1. The molecule has 1 heterocycles. The smallest absolute Gasteiger partial charge is 0.247 e. The molecule has 0 unspecified atom stereocenters. The molecule has 1 aliphatic carbocycles. The van der Waals surface area contributed by atoms with Gasteiger partial charge in [0.05, 0.1) is 0 Å². The summed E-state index contributed by atoms with van der Waals surface area (Å²) in [6.07, 6.45) is 6.04. The van der Waals surface area contributed by atoms with E-state index < -0.39 is 0 Å². The van der Waals surface area contributed by atoms with Crippen LogP contribution in [-0.2, 0) is 11.3 Å². The van der Waals surface area contributed by atoms with Crippen LogP contribution >= 0.6 is 0 Å². The Morgan fingerprint density at radius 2 is 2.08 bits per heavy atom. The van der Waals surface area contributed by atoms with E-state index in [-0.39, 0.29) is 5.91 Å². The van der Waals surface area contributed by atoms with Gasteiger partial charge in [-0.3, -0.25) is 4.79 Å². The van der Waals surface area contributed by atoms with Crippen molar-refractivity contribution >= 4 is 22.5 Å². The third kappa shape index (κ3) is 2.98. The largest absolute Gasteiger partial charge is 0.343 e. The summed E-state index contributed by atoms with van der Waals surface area (Å²) in [6.45, 7) is 4.34. The van der Waals surface area contributed by atoms with E-state index in [4.69, 9.17) is 0 Å². The molecular formula is C21H20N2O. The number of rotatable bonds is 5. The van der Waals surface area contributed by atoms with E-state index >= 15 is 0 Å². The second kappa shape index (κ2) is 6.00. The first-order chi connectivity index (χ1) is 11.7. The van der Waals surface area contributed by atoms with Gasteiger partial charge in [-0.25, -0.2) is 0 Å². The van der Waals surface area contributed by atoms with Crippen molar-refractivity contribution in [3.63, 3.8) is 0 Å². The molecule has 1 N–H and O–H groups in total. The summed E-state index contributed by atoms with van der Waals surface area (Å²) < 4.78 is 2.25. The number of carbonyl (C=O) groups is 1. The molecule has 24 heavy (non-hydrogen) atoms. The van der Waals surface area contributed by atoms with E-state index in [1.807, 2.05) is 12.1 Å². The molecule has 0 bridgehead atoms. The molecule has 3 heteroatoms. The lowest BCUT2D eigenvalue weighted by Gasteiger charge is -2.08.